The summed E-state index contributed by atoms with van der Waals surface area (Å²) in [7, 11) is 1.87. The second kappa shape index (κ2) is 17.7. The van der Waals surface area contributed by atoms with Crippen molar-refractivity contribution in [1.29, 1.82) is 0 Å². The second-order valence-electron chi connectivity index (χ2n) is 8.50. The summed E-state index contributed by atoms with van der Waals surface area (Å²) in [6, 6.07) is 4.02. The Morgan fingerprint density at radius 3 is 2.43 bits per heavy atom. The molecule has 0 spiro atoms. The van der Waals surface area contributed by atoms with Crippen molar-refractivity contribution in [2.45, 2.75) is 72.3 Å². The van der Waals surface area contributed by atoms with E-state index in [0.29, 0.717) is 6.42 Å². The molecule has 1 saturated carbocycles. The van der Waals surface area contributed by atoms with Crippen LogP contribution >= 0.6 is 0 Å². The largest absolute Gasteiger partial charge is 0.349 e. The van der Waals surface area contributed by atoms with E-state index in [-0.39, 0.29) is 17.5 Å². The quantitative estimate of drug-likeness (QED) is 0.101. The number of aromatic nitrogens is 1. The monoisotopic (exact) mass is 505 g/mol. The van der Waals surface area contributed by atoms with E-state index in [2.05, 4.69) is 33.9 Å². The van der Waals surface area contributed by atoms with Crippen molar-refractivity contribution in [3.8, 4) is 0 Å². The van der Waals surface area contributed by atoms with Crippen LogP contribution in [-0.4, -0.2) is 41.1 Å². The molecule has 1 heterocycles. The molecule has 1 fully saturated rings. The molecule has 200 valence electrons. The fourth-order valence-electron chi connectivity index (χ4n) is 3.95. The zero-order valence-corrected chi connectivity index (χ0v) is 23.1. The zero-order valence-electron chi connectivity index (χ0n) is 23.1. The Labute approximate surface area is 222 Å². The molecule has 1 aromatic heterocycles. The van der Waals surface area contributed by atoms with E-state index >= 15 is 0 Å². The van der Waals surface area contributed by atoms with E-state index in [0.717, 1.165) is 48.1 Å². The van der Waals surface area contributed by atoms with Gasteiger partial charge in [0.05, 0.1) is 0 Å². The van der Waals surface area contributed by atoms with Crippen molar-refractivity contribution in [1.82, 2.24) is 20.6 Å². The van der Waals surface area contributed by atoms with Gasteiger partial charge in [-0.3, -0.25) is 19.6 Å². The molecule has 1 aliphatic rings. The highest BCUT2D eigenvalue weighted by Crippen LogP contribution is 2.19. The van der Waals surface area contributed by atoms with Crippen LogP contribution in [0.2, 0.25) is 0 Å². The summed E-state index contributed by atoms with van der Waals surface area (Å²) < 4.78 is 0. The van der Waals surface area contributed by atoms with E-state index in [9.17, 15) is 9.59 Å². The van der Waals surface area contributed by atoms with Gasteiger partial charge in [-0.25, -0.2) is 0 Å². The van der Waals surface area contributed by atoms with Gasteiger partial charge in [-0.2, -0.15) is 5.10 Å². The maximum Gasteiger partial charge on any atom is 0.260 e. The van der Waals surface area contributed by atoms with Crippen molar-refractivity contribution < 1.29 is 9.59 Å². The Balaban J connectivity index is 0.00000334. The summed E-state index contributed by atoms with van der Waals surface area (Å²) in [6.45, 7) is 15.2. The van der Waals surface area contributed by atoms with E-state index in [1.807, 2.05) is 53.1 Å². The van der Waals surface area contributed by atoms with Crippen LogP contribution in [0, 0.1) is 0 Å². The third-order valence-corrected chi connectivity index (χ3v) is 5.67. The molecule has 0 unspecified atom stereocenters. The number of allylic oxidation sites excluding steroid dienone is 5. The molecule has 7 nitrogen and oxygen atoms in total. The Morgan fingerprint density at radius 2 is 1.86 bits per heavy atom. The molecule has 2 N–H and O–H groups in total. The third kappa shape index (κ3) is 11.2. The number of nitrogens with zero attached hydrogens (tertiary/aromatic N) is 3. The van der Waals surface area contributed by atoms with Gasteiger partial charge in [-0.05, 0) is 61.7 Å². The number of rotatable bonds is 11. The third-order valence-electron chi connectivity index (χ3n) is 5.67. The average Bonchev–Trinajstić information content (AvgIpc) is 2.89. The SMILES string of the molecule is C=C/C=C(/C=C(\C(=O)NC=C)C(=O)NC1CCCCC1)Cc1ccc(/C(C)=C/N(C)/N=C\C)cn1.CC. The summed E-state index contributed by atoms with van der Waals surface area (Å²) >= 11 is 0. The van der Waals surface area contributed by atoms with Crippen molar-refractivity contribution >= 4 is 23.6 Å². The zero-order chi connectivity index (χ0) is 27.6. The topological polar surface area (TPSA) is 86.7 Å². The Bertz CT molecular complexity index is 1010. The summed E-state index contributed by atoms with van der Waals surface area (Å²) in [4.78, 5) is 30.3. The van der Waals surface area contributed by atoms with Gasteiger partial charge >= 0.3 is 0 Å². The minimum absolute atomic E-state index is 0.0403. The smallest absolute Gasteiger partial charge is 0.260 e. The van der Waals surface area contributed by atoms with Crippen LogP contribution in [0.3, 0.4) is 0 Å². The van der Waals surface area contributed by atoms with E-state index in [1.54, 1.807) is 35.6 Å². The predicted octanol–water partition coefficient (Wildman–Crippen LogP) is 5.70. The van der Waals surface area contributed by atoms with Crippen LogP contribution in [0.4, 0.5) is 0 Å². The van der Waals surface area contributed by atoms with Gasteiger partial charge in [0.1, 0.15) is 5.57 Å². The molecule has 0 atom stereocenters. The Hall–Kier alpha value is -3.74. The molecule has 0 aromatic carbocycles. The number of carbonyl (C=O) groups excluding carboxylic acids is 2. The maximum absolute atomic E-state index is 13.0. The lowest BCUT2D eigenvalue weighted by atomic mass is 9.95. The summed E-state index contributed by atoms with van der Waals surface area (Å²) in [6.07, 6.45) is 17.4. The predicted molar refractivity (Wildman–Crippen MR) is 155 cm³/mol. The molecule has 1 aromatic rings. The van der Waals surface area contributed by atoms with Gasteiger partial charge in [0.15, 0.2) is 0 Å². The maximum atomic E-state index is 13.0. The molecule has 0 saturated heterocycles. The molecule has 2 amide bonds. The fraction of sp³-hybridized carbons (Fsp3) is 0.400. The first-order valence-corrected chi connectivity index (χ1v) is 13.0. The number of nitrogens with one attached hydrogen (secondary N) is 2. The minimum atomic E-state index is -0.494. The molecule has 37 heavy (non-hydrogen) atoms. The lowest BCUT2D eigenvalue weighted by molar-refractivity contribution is -0.123. The highest BCUT2D eigenvalue weighted by molar-refractivity contribution is 6.19. The van der Waals surface area contributed by atoms with Crippen molar-refractivity contribution in [3.05, 3.63) is 84.5 Å². The van der Waals surface area contributed by atoms with Gasteiger partial charge in [0.25, 0.3) is 11.8 Å². The normalized spacial score (nSPS) is 14.9. The Kier molecular flexibility index (Phi) is 14.9. The number of hydrogen-bond donors (Lipinski definition) is 2. The van der Waals surface area contributed by atoms with Crippen molar-refractivity contribution in [2.75, 3.05) is 7.05 Å². The van der Waals surface area contributed by atoms with E-state index in [4.69, 9.17) is 0 Å². The molecule has 7 heteroatoms. The summed E-state index contributed by atoms with van der Waals surface area (Å²) in [5.41, 5.74) is 3.61. The molecule has 2 rings (SSSR count). The lowest BCUT2D eigenvalue weighted by Gasteiger charge is -2.23. The molecule has 1 aliphatic carbocycles. The molecule has 0 bridgehead atoms. The second-order valence-corrected chi connectivity index (χ2v) is 8.50. The first kappa shape index (κ1) is 31.3. The fourth-order valence-corrected chi connectivity index (χ4v) is 3.95. The van der Waals surface area contributed by atoms with Gasteiger partial charge in [0, 0.05) is 43.8 Å². The first-order valence-electron chi connectivity index (χ1n) is 13.0. The summed E-state index contributed by atoms with van der Waals surface area (Å²) in [5.74, 6) is -0.875. The van der Waals surface area contributed by atoms with Crippen LogP contribution in [0.25, 0.3) is 5.57 Å². The van der Waals surface area contributed by atoms with Crippen LogP contribution in [0.1, 0.15) is 71.1 Å². The highest BCUT2D eigenvalue weighted by atomic mass is 16.2. The lowest BCUT2D eigenvalue weighted by Crippen LogP contribution is -2.40. The number of carbonyl (C=O) groups is 2. The van der Waals surface area contributed by atoms with Gasteiger partial charge in [-0.1, -0.05) is 64.5 Å². The highest BCUT2D eigenvalue weighted by Gasteiger charge is 2.22. The van der Waals surface area contributed by atoms with Crippen LogP contribution in [-0.2, 0) is 16.0 Å². The number of amides is 2. The van der Waals surface area contributed by atoms with Gasteiger partial charge < -0.3 is 10.6 Å². The standard InChI is InChI=1S/C28H37N5O2.C2H6/c1-6-12-22(17-25-16-15-23(19-30-25)21(4)20-33(5)31-8-3)18-26(27(34)29-7-2)28(35)32-24-13-10-9-11-14-24;1-2/h6-8,12,15-16,18-20,24H,1-2,9-11,13-14,17H2,3-5H3,(H,29,34)(H,32,35);1-2H3/b21-20+,22-12+,26-18+,31-8-;. The molecular weight excluding hydrogens is 462 g/mol. The first-order chi connectivity index (χ1) is 17.9. The van der Waals surface area contributed by atoms with Crippen molar-refractivity contribution in [3.63, 3.8) is 0 Å². The van der Waals surface area contributed by atoms with Crippen LogP contribution in [0.15, 0.2) is 78.4 Å². The van der Waals surface area contributed by atoms with Gasteiger partial charge in [0.2, 0.25) is 0 Å². The molecule has 0 radical (unpaired) electrons. The van der Waals surface area contributed by atoms with Crippen molar-refractivity contribution in [2.24, 2.45) is 5.10 Å². The van der Waals surface area contributed by atoms with Gasteiger partial charge in [-0.15, -0.1) is 0 Å². The minimum Gasteiger partial charge on any atom is -0.349 e. The van der Waals surface area contributed by atoms with Crippen LogP contribution in [0.5, 0.6) is 0 Å². The van der Waals surface area contributed by atoms with Crippen LogP contribution < -0.4 is 10.6 Å². The average molecular weight is 506 g/mol. The molecule has 0 aliphatic heterocycles. The number of pyridine rings is 1. The molecular formula is C30H43N5O2. The number of hydrogen-bond acceptors (Lipinski definition) is 5. The van der Waals surface area contributed by atoms with E-state index in [1.165, 1.54) is 12.6 Å². The summed E-state index contributed by atoms with van der Waals surface area (Å²) in [5, 5.41) is 11.5. The Morgan fingerprint density at radius 1 is 1.16 bits per heavy atom. The number of hydrazone groups is 1. The van der Waals surface area contributed by atoms with E-state index < -0.39 is 5.91 Å².